The standard InChI is InChI=1S/C13H19BrN2O3S/c14-12-4-3-10(9-15)8-13(12)20(17,18)16-6-5-11-2-1-7-19-11/h3-4,8,11,16H,1-2,5-7,9,15H2. The molecule has 1 fully saturated rings. The first-order valence-corrected chi connectivity index (χ1v) is 8.90. The summed E-state index contributed by atoms with van der Waals surface area (Å²) in [4.78, 5) is 0.229. The van der Waals surface area contributed by atoms with Crippen molar-refractivity contribution in [2.75, 3.05) is 13.2 Å². The average molecular weight is 363 g/mol. The van der Waals surface area contributed by atoms with Crippen LogP contribution in [-0.2, 0) is 21.3 Å². The number of benzene rings is 1. The summed E-state index contributed by atoms with van der Waals surface area (Å²) in [6.45, 7) is 1.47. The summed E-state index contributed by atoms with van der Waals surface area (Å²) < 4.78 is 33.2. The summed E-state index contributed by atoms with van der Waals surface area (Å²) in [5, 5.41) is 0. The highest BCUT2D eigenvalue weighted by Gasteiger charge is 2.20. The molecule has 0 saturated carbocycles. The van der Waals surface area contributed by atoms with Gasteiger partial charge in [-0.15, -0.1) is 0 Å². The van der Waals surface area contributed by atoms with E-state index in [1.54, 1.807) is 18.2 Å². The first-order chi connectivity index (χ1) is 9.53. The Labute approximate surface area is 128 Å². The molecule has 0 bridgehead atoms. The van der Waals surface area contributed by atoms with Gasteiger partial charge in [-0.25, -0.2) is 13.1 Å². The monoisotopic (exact) mass is 362 g/mol. The third kappa shape index (κ3) is 4.02. The number of hydrogen-bond donors (Lipinski definition) is 2. The van der Waals surface area contributed by atoms with Crippen LogP contribution in [0.4, 0.5) is 0 Å². The van der Waals surface area contributed by atoms with Gasteiger partial charge in [-0.1, -0.05) is 6.07 Å². The minimum atomic E-state index is -3.52. The highest BCUT2D eigenvalue weighted by Crippen LogP contribution is 2.23. The highest BCUT2D eigenvalue weighted by atomic mass is 79.9. The Hall–Kier alpha value is -0.470. The Morgan fingerprint density at radius 2 is 2.25 bits per heavy atom. The fourth-order valence-electron chi connectivity index (χ4n) is 2.18. The summed E-state index contributed by atoms with van der Waals surface area (Å²) in [6.07, 6.45) is 2.94. The molecular formula is C13H19BrN2O3S. The van der Waals surface area contributed by atoms with E-state index in [1.165, 1.54) is 0 Å². The molecule has 20 heavy (non-hydrogen) atoms. The Morgan fingerprint density at radius 1 is 1.45 bits per heavy atom. The molecule has 3 N–H and O–H groups in total. The first kappa shape index (κ1) is 15.9. The van der Waals surface area contributed by atoms with Crippen molar-refractivity contribution in [3.8, 4) is 0 Å². The van der Waals surface area contributed by atoms with Crippen LogP contribution in [0.25, 0.3) is 0 Å². The summed E-state index contributed by atoms with van der Waals surface area (Å²) in [7, 11) is -3.52. The molecule has 0 aliphatic carbocycles. The molecule has 0 aromatic heterocycles. The maximum Gasteiger partial charge on any atom is 0.241 e. The fourth-order valence-corrected chi connectivity index (χ4v) is 4.24. The number of sulfonamides is 1. The lowest BCUT2D eigenvalue weighted by Crippen LogP contribution is -2.27. The molecule has 1 saturated heterocycles. The predicted molar refractivity (Wildman–Crippen MR) is 80.8 cm³/mol. The molecule has 2 rings (SSSR count). The smallest absolute Gasteiger partial charge is 0.241 e. The van der Waals surface area contributed by atoms with Crippen LogP contribution >= 0.6 is 15.9 Å². The molecule has 1 aliphatic rings. The molecule has 1 aliphatic heterocycles. The minimum absolute atomic E-state index is 0.177. The van der Waals surface area contributed by atoms with Crippen molar-refractivity contribution in [3.05, 3.63) is 28.2 Å². The molecule has 7 heteroatoms. The Kier molecular flexibility index (Phi) is 5.57. The molecule has 1 aromatic carbocycles. The second-order valence-corrected chi connectivity index (χ2v) is 7.38. The zero-order valence-electron chi connectivity index (χ0n) is 11.1. The van der Waals surface area contributed by atoms with Crippen LogP contribution in [0, 0.1) is 0 Å². The van der Waals surface area contributed by atoms with Gasteiger partial charge in [-0.3, -0.25) is 0 Å². The zero-order valence-corrected chi connectivity index (χ0v) is 13.5. The van der Waals surface area contributed by atoms with Gasteiger partial charge < -0.3 is 10.5 Å². The maximum atomic E-state index is 12.3. The number of rotatable bonds is 6. The van der Waals surface area contributed by atoms with E-state index in [9.17, 15) is 8.42 Å². The number of ether oxygens (including phenoxy) is 1. The Morgan fingerprint density at radius 3 is 2.90 bits per heavy atom. The van der Waals surface area contributed by atoms with Crippen LogP contribution < -0.4 is 10.5 Å². The van der Waals surface area contributed by atoms with E-state index in [4.69, 9.17) is 10.5 Å². The van der Waals surface area contributed by atoms with Crippen LogP contribution in [0.15, 0.2) is 27.6 Å². The van der Waals surface area contributed by atoms with Gasteiger partial charge in [0.2, 0.25) is 10.0 Å². The maximum absolute atomic E-state index is 12.3. The van der Waals surface area contributed by atoms with Gasteiger partial charge in [0.15, 0.2) is 0 Å². The van der Waals surface area contributed by atoms with Crippen molar-refractivity contribution in [3.63, 3.8) is 0 Å². The van der Waals surface area contributed by atoms with E-state index in [0.29, 0.717) is 24.0 Å². The van der Waals surface area contributed by atoms with Crippen molar-refractivity contribution in [2.45, 2.75) is 36.8 Å². The molecule has 1 heterocycles. The highest BCUT2D eigenvalue weighted by molar-refractivity contribution is 9.10. The number of nitrogens with two attached hydrogens (primary N) is 1. The lowest BCUT2D eigenvalue weighted by atomic mass is 10.2. The summed E-state index contributed by atoms with van der Waals surface area (Å²) in [5.41, 5.74) is 6.33. The van der Waals surface area contributed by atoms with Gasteiger partial charge in [-0.05, 0) is 52.9 Å². The molecule has 5 nitrogen and oxygen atoms in total. The van der Waals surface area contributed by atoms with E-state index >= 15 is 0 Å². The predicted octanol–water partition coefficient (Wildman–Crippen LogP) is 1.76. The topological polar surface area (TPSA) is 81.4 Å². The first-order valence-electron chi connectivity index (χ1n) is 6.62. The molecular weight excluding hydrogens is 344 g/mol. The molecule has 112 valence electrons. The average Bonchev–Trinajstić information content (AvgIpc) is 2.92. The van der Waals surface area contributed by atoms with Crippen molar-refractivity contribution in [2.24, 2.45) is 5.73 Å². The quantitative estimate of drug-likeness (QED) is 0.807. The van der Waals surface area contributed by atoms with Crippen LogP contribution in [0.3, 0.4) is 0 Å². The molecule has 0 radical (unpaired) electrons. The SMILES string of the molecule is NCc1ccc(Br)c(S(=O)(=O)NCCC2CCCO2)c1. The molecule has 1 atom stereocenters. The fraction of sp³-hybridized carbons (Fsp3) is 0.538. The molecule has 0 spiro atoms. The van der Waals surface area contributed by atoms with E-state index in [0.717, 1.165) is 25.0 Å². The van der Waals surface area contributed by atoms with Crippen molar-refractivity contribution < 1.29 is 13.2 Å². The number of halogens is 1. The summed E-state index contributed by atoms with van der Waals surface area (Å²) in [6, 6.07) is 5.10. The van der Waals surface area contributed by atoms with E-state index in [1.807, 2.05) is 0 Å². The van der Waals surface area contributed by atoms with E-state index in [-0.39, 0.29) is 11.0 Å². The molecule has 1 unspecified atom stereocenters. The van der Waals surface area contributed by atoms with Crippen LogP contribution in [0.5, 0.6) is 0 Å². The van der Waals surface area contributed by atoms with Crippen molar-refractivity contribution in [1.29, 1.82) is 0 Å². The van der Waals surface area contributed by atoms with Gasteiger partial charge in [0.1, 0.15) is 0 Å². The van der Waals surface area contributed by atoms with Gasteiger partial charge in [0.25, 0.3) is 0 Å². The van der Waals surface area contributed by atoms with E-state index < -0.39 is 10.0 Å². The number of nitrogens with one attached hydrogen (secondary N) is 1. The third-order valence-corrected chi connectivity index (χ3v) is 5.76. The van der Waals surface area contributed by atoms with Gasteiger partial charge in [0, 0.05) is 24.2 Å². The molecule has 0 amide bonds. The van der Waals surface area contributed by atoms with Crippen LogP contribution in [-0.4, -0.2) is 27.7 Å². The number of hydrogen-bond acceptors (Lipinski definition) is 4. The molecule has 1 aromatic rings. The summed E-state index contributed by atoms with van der Waals surface area (Å²) >= 11 is 3.27. The zero-order chi connectivity index (χ0) is 14.6. The van der Waals surface area contributed by atoms with Gasteiger partial charge in [0.05, 0.1) is 11.0 Å². The minimum Gasteiger partial charge on any atom is -0.378 e. The van der Waals surface area contributed by atoms with Gasteiger partial charge >= 0.3 is 0 Å². The largest absolute Gasteiger partial charge is 0.378 e. The third-order valence-electron chi connectivity index (χ3n) is 3.30. The second-order valence-electron chi connectivity index (χ2n) is 4.79. The normalized spacial score (nSPS) is 19.4. The van der Waals surface area contributed by atoms with Crippen molar-refractivity contribution in [1.82, 2.24) is 4.72 Å². The lowest BCUT2D eigenvalue weighted by molar-refractivity contribution is 0.105. The van der Waals surface area contributed by atoms with Gasteiger partial charge in [-0.2, -0.15) is 0 Å². The second kappa shape index (κ2) is 7.00. The lowest BCUT2D eigenvalue weighted by Gasteiger charge is -2.12. The van der Waals surface area contributed by atoms with Crippen molar-refractivity contribution >= 4 is 26.0 Å². The van der Waals surface area contributed by atoms with Crippen LogP contribution in [0.2, 0.25) is 0 Å². The van der Waals surface area contributed by atoms with Crippen LogP contribution in [0.1, 0.15) is 24.8 Å². The Balaban J connectivity index is 2.01. The summed E-state index contributed by atoms with van der Waals surface area (Å²) in [5.74, 6) is 0. The Bertz CT molecular complexity index is 557. The van der Waals surface area contributed by atoms with E-state index in [2.05, 4.69) is 20.7 Å².